The van der Waals surface area contributed by atoms with Gasteiger partial charge in [0.15, 0.2) is 0 Å². The van der Waals surface area contributed by atoms with Crippen molar-refractivity contribution < 1.29 is 24.2 Å². The molecule has 0 fully saturated rings. The smallest absolute Gasteiger partial charge is 0.322 e. The van der Waals surface area contributed by atoms with Gasteiger partial charge in [-0.05, 0) is 37.1 Å². The highest BCUT2D eigenvalue weighted by Crippen LogP contribution is 2.10. The molecule has 1 rings (SSSR count). The van der Waals surface area contributed by atoms with Gasteiger partial charge in [-0.15, -0.1) is 0 Å². The second-order valence-electron chi connectivity index (χ2n) is 4.65. The number of unbranched alkanes of at least 4 members (excludes halogenated alkanes) is 1. The van der Waals surface area contributed by atoms with Gasteiger partial charge in [0.1, 0.15) is 6.54 Å². The third-order valence-corrected chi connectivity index (χ3v) is 2.83. The number of amides is 2. The molecule has 0 aliphatic heterocycles. The Labute approximate surface area is 128 Å². The van der Waals surface area contributed by atoms with Crippen LogP contribution in [0.1, 0.15) is 29.6 Å². The van der Waals surface area contributed by atoms with Crippen molar-refractivity contribution >= 4 is 23.5 Å². The van der Waals surface area contributed by atoms with E-state index in [9.17, 15) is 14.4 Å². The van der Waals surface area contributed by atoms with Crippen LogP contribution in [0.25, 0.3) is 0 Å². The molecule has 7 nitrogen and oxygen atoms in total. The SMILES string of the molecule is COCCCCC(=O)Nc1ccc(C(=O)NCC(=O)O)cc1. The number of methoxy groups -OCH3 is 1. The molecule has 0 heterocycles. The number of aliphatic carboxylic acids is 1. The molecule has 0 aromatic heterocycles. The van der Waals surface area contributed by atoms with Gasteiger partial charge in [-0.3, -0.25) is 14.4 Å². The first kappa shape index (κ1) is 17.6. The van der Waals surface area contributed by atoms with Gasteiger partial charge in [-0.25, -0.2) is 0 Å². The van der Waals surface area contributed by atoms with E-state index < -0.39 is 18.4 Å². The van der Waals surface area contributed by atoms with E-state index in [0.717, 1.165) is 12.8 Å². The highest BCUT2D eigenvalue weighted by molar-refractivity contribution is 5.97. The van der Waals surface area contributed by atoms with Gasteiger partial charge >= 0.3 is 5.97 Å². The van der Waals surface area contributed by atoms with E-state index >= 15 is 0 Å². The Morgan fingerprint density at radius 1 is 1.14 bits per heavy atom. The summed E-state index contributed by atoms with van der Waals surface area (Å²) in [5.41, 5.74) is 0.922. The molecule has 7 heteroatoms. The van der Waals surface area contributed by atoms with Gasteiger partial charge in [0, 0.05) is 31.4 Å². The van der Waals surface area contributed by atoms with Gasteiger partial charge in [0.2, 0.25) is 5.91 Å². The molecule has 2 amide bonds. The molecular formula is C15H20N2O5. The number of benzene rings is 1. The van der Waals surface area contributed by atoms with Crippen molar-refractivity contribution in [1.29, 1.82) is 0 Å². The molecule has 120 valence electrons. The number of nitrogens with one attached hydrogen (secondary N) is 2. The van der Waals surface area contributed by atoms with Crippen LogP contribution < -0.4 is 10.6 Å². The van der Waals surface area contributed by atoms with E-state index in [1.165, 1.54) is 12.1 Å². The Morgan fingerprint density at radius 3 is 2.41 bits per heavy atom. The lowest BCUT2D eigenvalue weighted by Crippen LogP contribution is -2.29. The fraction of sp³-hybridized carbons (Fsp3) is 0.400. The monoisotopic (exact) mass is 308 g/mol. The molecule has 0 unspecified atom stereocenters. The Kier molecular flexibility index (Phi) is 7.63. The van der Waals surface area contributed by atoms with E-state index in [1.807, 2.05) is 0 Å². The van der Waals surface area contributed by atoms with Gasteiger partial charge in [0.05, 0.1) is 0 Å². The summed E-state index contributed by atoms with van der Waals surface area (Å²) in [6.07, 6.45) is 1.98. The molecule has 0 saturated carbocycles. The highest BCUT2D eigenvalue weighted by atomic mass is 16.5. The Bertz CT molecular complexity index is 513. The number of carbonyl (C=O) groups excluding carboxylic acids is 2. The van der Waals surface area contributed by atoms with Crippen molar-refractivity contribution in [1.82, 2.24) is 5.32 Å². The van der Waals surface area contributed by atoms with Crippen LogP contribution in [-0.2, 0) is 14.3 Å². The van der Waals surface area contributed by atoms with Crippen LogP contribution in [0.15, 0.2) is 24.3 Å². The van der Waals surface area contributed by atoms with Gasteiger partial charge in [-0.1, -0.05) is 0 Å². The van der Waals surface area contributed by atoms with Crippen molar-refractivity contribution in [2.75, 3.05) is 25.6 Å². The first-order chi connectivity index (χ1) is 10.5. The minimum atomic E-state index is -1.11. The fourth-order valence-corrected chi connectivity index (χ4v) is 1.72. The van der Waals surface area contributed by atoms with E-state index in [4.69, 9.17) is 9.84 Å². The van der Waals surface area contributed by atoms with Crippen molar-refractivity contribution in [3.8, 4) is 0 Å². The van der Waals surface area contributed by atoms with Crippen molar-refractivity contribution in [3.63, 3.8) is 0 Å². The predicted molar refractivity (Wildman–Crippen MR) is 80.8 cm³/mol. The Hall–Kier alpha value is -2.41. The summed E-state index contributed by atoms with van der Waals surface area (Å²) in [4.78, 5) is 33.7. The molecule has 0 bridgehead atoms. The fourth-order valence-electron chi connectivity index (χ4n) is 1.72. The van der Waals surface area contributed by atoms with Crippen molar-refractivity contribution in [3.05, 3.63) is 29.8 Å². The number of rotatable bonds is 9. The summed E-state index contributed by atoms with van der Waals surface area (Å²) in [6.45, 7) is 0.201. The van der Waals surface area contributed by atoms with E-state index in [0.29, 0.717) is 24.3 Å². The van der Waals surface area contributed by atoms with E-state index in [2.05, 4.69) is 10.6 Å². The number of carbonyl (C=O) groups is 3. The molecule has 1 aromatic rings. The van der Waals surface area contributed by atoms with E-state index in [-0.39, 0.29) is 5.91 Å². The molecule has 0 saturated heterocycles. The lowest BCUT2D eigenvalue weighted by Gasteiger charge is -2.07. The van der Waals surface area contributed by atoms with Crippen LogP contribution in [0.4, 0.5) is 5.69 Å². The zero-order valence-corrected chi connectivity index (χ0v) is 12.4. The minimum absolute atomic E-state index is 0.0980. The maximum atomic E-state index is 11.7. The minimum Gasteiger partial charge on any atom is -0.480 e. The summed E-state index contributed by atoms with van der Waals surface area (Å²) in [5.74, 6) is -1.68. The number of hydrogen-bond donors (Lipinski definition) is 3. The molecule has 0 atom stereocenters. The second kappa shape index (κ2) is 9.51. The highest BCUT2D eigenvalue weighted by Gasteiger charge is 2.08. The van der Waals surface area contributed by atoms with Crippen LogP contribution >= 0.6 is 0 Å². The zero-order chi connectivity index (χ0) is 16.4. The maximum Gasteiger partial charge on any atom is 0.322 e. The molecule has 0 radical (unpaired) electrons. The van der Waals surface area contributed by atoms with E-state index in [1.54, 1.807) is 19.2 Å². The third kappa shape index (κ3) is 6.85. The van der Waals surface area contributed by atoms with Gasteiger partial charge in [0.25, 0.3) is 5.91 Å². The number of anilines is 1. The van der Waals surface area contributed by atoms with Crippen LogP contribution in [0.3, 0.4) is 0 Å². The standard InChI is InChI=1S/C15H20N2O5/c1-22-9-3-2-4-13(18)17-12-7-5-11(6-8-12)15(21)16-10-14(19)20/h5-8H,2-4,9-10H2,1H3,(H,16,21)(H,17,18)(H,19,20). The first-order valence-electron chi connectivity index (χ1n) is 6.91. The van der Waals surface area contributed by atoms with Crippen LogP contribution in [0, 0.1) is 0 Å². The number of carboxylic acids is 1. The normalized spacial score (nSPS) is 10.0. The molecule has 1 aromatic carbocycles. The summed E-state index contributed by atoms with van der Waals surface area (Å²) >= 11 is 0. The molecule has 22 heavy (non-hydrogen) atoms. The summed E-state index contributed by atoms with van der Waals surface area (Å²) in [7, 11) is 1.62. The molecule has 3 N–H and O–H groups in total. The van der Waals surface area contributed by atoms with Gasteiger partial charge < -0.3 is 20.5 Å². The molecule has 0 spiro atoms. The lowest BCUT2D eigenvalue weighted by molar-refractivity contribution is -0.135. The van der Waals surface area contributed by atoms with Crippen molar-refractivity contribution in [2.24, 2.45) is 0 Å². The quantitative estimate of drug-likeness (QED) is 0.596. The lowest BCUT2D eigenvalue weighted by atomic mass is 10.2. The average Bonchev–Trinajstić information content (AvgIpc) is 2.50. The van der Waals surface area contributed by atoms with Crippen LogP contribution in [0.5, 0.6) is 0 Å². The van der Waals surface area contributed by atoms with Crippen LogP contribution in [0.2, 0.25) is 0 Å². The van der Waals surface area contributed by atoms with Gasteiger partial charge in [-0.2, -0.15) is 0 Å². The summed E-state index contributed by atoms with van der Waals surface area (Å²) in [6, 6.07) is 6.25. The third-order valence-electron chi connectivity index (χ3n) is 2.83. The number of carboxylic acid groups (broad SMARTS) is 1. The predicted octanol–water partition coefficient (Wildman–Crippen LogP) is 1.26. The first-order valence-corrected chi connectivity index (χ1v) is 6.91. The van der Waals surface area contributed by atoms with Crippen molar-refractivity contribution in [2.45, 2.75) is 19.3 Å². The topological polar surface area (TPSA) is 105 Å². The van der Waals surface area contributed by atoms with Crippen LogP contribution in [-0.4, -0.2) is 43.2 Å². The summed E-state index contributed by atoms with van der Waals surface area (Å²) < 4.78 is 4.91. The Morgan fingerprint density at radius 2 is 1.82 bits per heavy atom. The number of ether oxygens (including phenoxy) is 1. The Balaban J connectivity index is 2.42. The largest absolute Gasteiger partial charge is 0.480 e. The number of hydrogen-bond acceptors (Lipinski definition) is 4. The molecular weight excluding hydrogens is 288 g/mol. The second-order valence-corrected chi connectivity index (χ2v) is 4.65. The summed E-state index contributed by atoms with van der Waals surface area (Å²) in [5, 5.41) is 13.5. The molecule has 0 aliphatic carbocycles. The average molecular weight is 308 g/mol. The zero-order valence-electron chi connectivity index (χ0n) is 12.4. The maximum absolute atomic E-state index is 11.7. The molecule has 0 aliphatic rings.